The van der Waals surface area contributed by atoms with Gasteiger partial charge in [0.25, 0.3) is 0 Å². The zero-order chi connectivity index (χ0) is 92.9. The summed E-state index contributed by atoms with van der Waals surface area (Å²) in [5.41, 5.74) is 29.8. The first kappa shape index (κ1) is 99.0. The lowest BCUT2D eigenvalue weighted by Crippen LogP contribution is -2.62. The van der Waals surface area contributed by atoms with Crippen LogP contribution in [0.25, 0.3) is 10.9 Å². The lowest BCUT2D eigenvalue weighted by atomic mass is 10.0. The number of rotatable bonds is 39. The van der Waals surface area contributed by atoms with Gasteiger partial charge in [0, 0.05) is 106 Å². The minimum atomic E-state index is -2.05. The van der Waals surface area contributed by atoms with Crippen LogP contribution in [-0.2, 0) is 109 Å². The van der Waals surface area contributed by atoms with E-state index in [4.69, 9.17) is 34.1 Å². The minimum absolute atomic E-state index is 0.0132. The standard InChI is InChI=1S/C79H108N24O22S2/c1-39(104)64-74(120)96-56(33-63(109)110)76(122)103-26-7-12-59(103)73(119)92-52(10-5-24-86-78(83)84)68(114)97-58(72(118)91-51(11-6-25-87-79(85)125)67(113)93-53(31-43-35-88-49-9-4-3-8-47(43)49)69(115)90-50(65(82)111)21-22-61(81)107)38-127-126-37-57(89-62(108)34-80)71(117)94-54(70(116)98-64)32-44-36-102(100-99-44)27-23-42-30-48(42)66(112)95-55(28-40-13-17-45(105)18-14-40)75(121)101(2)60(77(123)124)29-41-15-19-46(106)20-16-41/h3-4,8-9,13-20,35-36,39,42,48,50-60,64,88,104-106H,5-7,10-12,21-34,37-38,80H2,1-2H3,(H2,81,107)(H2,82,111)(H,89,108)(H,90,115)(H,91,118)(H,92,119)(H,93,113)(H,94,117)(H,95,112)(H,96,120)(H,97,114)(H,98,116)(H,109,110)(H,123,124)(H4,83,84,86)(H3,85,87,125)/t39-,42?,48-,50+,51+,52-,53+,54-,55-,56-,57-,58-,59+,60-,64+/m0/s1. The van der Waals surface area contributed by atoms with E-state index in [1.54, 1.807) is 30.5 Å². The number of nitrogens with zero attached hydrogens (tertiary/aromatic N) is 5. The monoisotopic (exact) mass is 1810 g/mol. The Morgan fingerprint density at radius 2 is 1.31 bits per heavy atom. The lowest BCUT2D eigenvalue weighted by Gasteiger charge is -2.31. The molecule has 2 saturated heterocycles. The highest BCUT2D eigenvalue weighted by Gasteiger charge is 2.46. The van der Waals surface area contributed by atoms with E-state index in [9.17, 15) is 97.5 Å². The number of nitrogens with one attached hydrogen (secondary N) is 14. The first-order chi connectivity index (χ1) is 60.4. The van der Waals surface area contributed by atoms with Crippen molar-refractivity contribution in [3.8, 4) is 11.5 Å². The molecule has 3 aliphatic rings. The summed E-state index contributed by atoms with van der Waals surface area (Å²) in [5, 5.41) is 98.7. The van der Waals surface area contributed by atoms with Crippen molar-refractivity contribution < 1.29 is 107 Å². The van der Waals surface area contributed by atoms with Gasteiger partial charge in [0.15, 0.2) is 5.96 Å². The zero-order valence-electron chi connectivity index (χ0n) is 69.4. The molecule has 1 saturated carbocycles. The van der Waals surface area contributed by atoms with E-state index >= 15 is 9.59 Å². The fraction of sp³-hybridized carbons (Fsp3) is 0.494. The molecule has 0 bridgehead atoms. The number of urea groups is 1. The van der Waals surface area contributed by atoms with Crippen molar-refractivity contribution in [1.29, 1.82) is 5.41 Å². The average Bonchev–Trinajstić information content (AvgIpc) is 1.65. The van der Waals surface area contributed by atoms with E-state index in [0.29, 0.717) is 34.0 Å². The highest BCUT2D eigenvalue weighted by atomic mass is 33.1. The molecule has 4 heterocycles. The van der Waals surface area contributed by atoms with Gasteiger partial charge in [0.05, 0.1) is 24.8 Å². The number of phenols is 2. The molecule has 16 amide bonds. The van der Waals surface area contributed by atoms with Crippen LogP contribution in [0.4, 0.5) is 4.79 Å². The number of guanidine groups is 1. The van der Waals surface area contributed by atoms with Crippen molar-refractivity contribution in [2.24, 2.45) is 40.5 Å². The predicted octanol–water partition coefficient (Wildman–Crippen LogP) is -6.11. The normalized spacial score (nSPS) is 21.0. The largest absolute Gasteiger partial charge is 0.508 e. The molecule has 15 atom stereocenters. The van der Waals surface area contributed by atoms with Crippen LogP contribution in [0.1, 0.15) is 99.9 Å². The van der Waals surface area contributed by atoms with Crippen molar-refractivity contribution in [3.05, 3.63) is 108 Å². The number of carboxylic acid groups (broad SMARTS) is 2. The number of primary amides is 3. The number of aromatic nitrogens is 4. The molecule has 688 valence electrons. The summed E-state index contributed by atoms with van der Waals surface area (Å²) < 4.78 is 1.35. The number of nitrogens with two attached hydrogens (primary N) is 5. The van der Waals surface area contributed by atoms with Crippen LogP contribution in [0.3, 0.4) is 0 Å². The number of aryl methyl sites for hydroxylation is 1. The number of aromatic hydroxyl groups is 2. The quantitative estimate of drug-likeness (QED) is 0.00753. The highest BCUT2D eigenvalue weighted by Crippen LogP contribution is 2.42. The van der Waals surface area contributed by atoms with E-state index in [-0.39, 0.29) is 120 Å². The van der Waals surface area contributed by atoms with Crippen LogP contribution in [0.2, 0.25) is 0 Å². The highest BCUT2D eigenvalue weighted by molar-refractivity contribution is 8.76. The number of aliphatic carboxylic acids is 2. The van der Waals surface area contributed by atoms with Crippen LogP contribution in [-0.4, -0.2) is 285 Å². The summed E-state index contributed by atoms with van der Waals surface area (Å²) in [7, 11) is 2.87. The van der Waals surface area contributed by atoms with Gasteiger partial charge in [0.1, 0.15) is 84.0 Å². The summed E-state index contributed by atoms with van der Waals surface area (Å²) in [4.78, 5) is 242. The molecule has 8 rings (SSSR count). The van der Waals surface area contributed by atoms with Crippen LogP contribution in [0.15, 0.2) is 85.2 Å². The number of aromatic amines is 1. The fourth-order valence-corrected chi connectivity index (χ4v) is 16.6. The minimum Gasteiger partial charge on any atom is -0.508 e. The SMILES string of the molecule is C[C@H](O)[C@H]1NC(=O)[C@H](Cc2cn(CCC3C[C@@H]3C(=O)N[C@@H](Cc3ccc(O)cc3)C(=O)N(C)[C@@H](Cc3ccc(O)cc3)C(=O)O)nn2)NC(=O)[C@@H](NC(=O)CN)CSSC[C@@H](C(=O)N[C@H](CCCNC(N)=O)C(=O)N[C@H](Cc2c[nH]c3ccccc23)C(=O)N[C@H](CCC(N)=O)C(N)=O)NC(=O)[C@H](CCCNC(=N)N)NC(=O)[C@H]2CCCN2C(=O)[C@H](CC(=O)O)NC1=O. The molecule has 1 aliphatic carbocycles. The summed E-state index contributed by atoms with van der Waals surface area (Å²) in [6, 6.07) is -2.47. The Morgan fingerprint density at radius 1 is 0.677 bits per heavy atom. The van der Waals surface area contributed by atoms with E-state index < -0.39 is 228 Å². The van der Waals surface area contributed by atoms with Crippen molar-refractivity contribution in [2.75, 3.05) is 44.7 Å². The van der Waals surface area contributed by atoms with Crippen molar-refractivity contribution in [3.63, 3.8) is 0 Å². The first-order valence-corrected chi connectivity index (χ1v) is 43.2. The number of amides is 16. The van der Waals surface area contributed by atoms with Gasteiger partial charge >= 0.3 is 18.0 Å². The summed E-state index contributed by atoms with van der Waals surface area (Å²) in [5.74, 6) is -19.7. The number of benzene rings is 3. The number of carbonyl (C=O) groups excluding carboxylic acids is 15. The molecule has 46 nitrogen and oxygen atoms in total. The molecule has 3 aromatic carbocycles. The third kappa shape index (κ3) is 30.5. The maximum atomic E-state index is 15.3. The number of aliphatic hydroxyl groups excluding tert-OH is 1. The Morgan fingerprint density at radius 3 is 1.95 bits per heavy atom. The van der Waals surface area contributed by atoms with Gasteiger partial charge in [-0.1, -0.05) is 69.3 Å². The lowest BCUT2D eigenvalue weighted by molar-refractivity contribution is -0.150. The maximum absolute atomic E-state index is 15.3. The van der Waals surface area contributed by atoms with Crippen LogP contribution in [0.5, 0.6) is 11.5 Å². The van der Waals surface area contributed by atoms with E-state index in [0.717, 1.165) is 38.3 Å². The molecule has 1 unspecified atom stereocenters. The summed E-state index contributed by atoms with van der Waals surface area (Å²) in [6.45, 7) is -0.0620. The molecule has 2 aliphatic heterocycles. The number of aliphatic hydroxyl groups is 1. The fourth-order valence-electron chi connectivity index (χ4n) is 14.3. The van der Waals surface area contributed by atoms with Crippen LogP contribution in [0, 0.1) is 17.2 Å². The number of hydrogen-bond donors (Lipinski definition) is 24. The van der Waals surface area contributed by atoms with Gasteiger partial charge in [0.2, 0.25) is 82.7 Å². The number of para-hydroxylation sites is 1. The van der Waals surface area contributed by atoms with E-state index in [1.807, 2.05) is 0 Å². The Labute approximate surface area is 734 Å². The molecule has 0 spiro atoms. The Balaban J connectivity index is 1.09. The van der Waals surface area contributed by atoms with Crippen molar-refractivity contribution >= 4 is 139 Å². The van der Waals surface area contributed by atoms with E-state index in [2.05, 4.69) is 79.1 Å². The molecular formula is C79H108N24O22S2. The molecule has 48 heteroatoms. The predicted molar refractivity (Wildman–Crippen MR) is 455 cm³/mol. The molecule has 2 aromatic heterocycles. The van der Waals surface area contributed by atoms with Crippen LogP contribution < -0.4 is 92.5 Å². The molecule has 0 radical (unpaired) electrons. The number of carbonyl (C=O) groups is 17. The Kier molecular flexibility index (Phi) is 37.2. The smallest absolute Gasteiger partial charge is 0.326 e. The first-order valence-electron chi connectivity index (χ1n) is 40.7. The Bertz CT molecular complexity index is 4810. The molecule has 3 fully saturated rings. The Hall–Kier alpha value is -13.4. The van der Waals surface area contributed by atoms with Crippen LogP contribution >= 0.6 is 21.6 Å². The van der Waals surface area contributed by atoms with Gasteiger partial charge < -0.3 is 133 Å². The van der Waals surface area contributed by atoms with E-state index in [1.165, 1.54) is 66.5 Å². The zero-order valence-corrected chi connectivity index (χ0v) is 71.0. The van der Waals surface area contributed by atoms with Gasteiger partial charge in [-0.05, 0) is 118 Å². The second-order valence-corrected chi connectivity index (χ2v) is 33.4. The average molecular weight is 1810 g/mol. The maximum Gasteiger partial charge on any atom is 0.326 e. The number of phenolic OH excluding ortho intramolecular Hbond substituents is 2. The number of carboxylic acids is 2. The van der Waals surface area contributed by atoms with Crippen molar-refractivity contribution in [2.45, 2.75) is 188 Å². The second kappa shape index (κ2) is 47.6. The number of likely N-dealkylation sites (N-methyl/N-ethyl adjacent to an activating group) is 1. The van der Waals surface area contributed by atoms with Crippen molar-refractivity contribution in [1.82, 2.24) is 93.6 Å². The number of fused-ring (bicyclic) bond motifs is 2. The third-order valence-electron chi connectivity index (χ3n) is 21.3. The topological polar surface area (TPSA) is 743 Å². The van der Waals surface area contributed by atoms with Gasteiger partial charge in [-0.25, -0.2) is 9.59 Å². The number of hydrogen-bond acceptors (Lipinski definition) is 26. The van der Waals surface area contributed by atoms with Gasteiger partial charge in [-0.15, -0.1) is 5.10 Å². The third-order valence-corrected chi connectivity index (χ3v) is 23.7. The molecule has 5 aromatic rings. The summed E-state index contributed by atoms with van der Waals surface area (Å²) >= 11 is 0. The summed E-state index contributed by atoms with van der Waals surface area (Å²) in [6.07, 6.45) is -2.09. The van der Waals surface area contributed by atoms with Gasteiger partial charge in [-0.3, -0.25) is 82.0 Å². The number of H-pyrrole nitrogens is 1. The molecule has 127 heavy (non-hydrogen) atoms. The van der Waals surface area contributed by atoms with Gasteiger partial charge in [-0.2, -0.15) is 0 Å². The molecule has 29 N–H and O–H groups in total. The molecular weight excluding hydrogens is 1700 g/mol. The second-order valence-electron chi connectivity index (χ2n) is 30.9.